The highest BCUT2D eigenvalue weighted by Gasteiger charge is 2.14. The van der Waals surface area contributed by atoms with Crippen LogP contribution in [0.25, 0.3) is 16.6 Å². The van der Waals surface area contributed by atoms with E-state index in [2.05, 4.69) is 9.72 Å². The Morgan fingerprint density at radius 1 is 1.24 bits per heavy atom. The molecule has 0 aliphatic carbocycles. The number of methoxy groups -OCH3 is 1. The Labute approximate surface area is 147 Å². The Hall–Kier alpha value is -3.11. The maximum absolute atomic E-state index is 12.9. The molecular formula is C18H13N3O3S. The summed E-state index contributed by atoms with van der Waals surface area (Å²) < 4.78 is 6.10. The number of fused-ring (bicyclic) bond motifs is 1. The van der Waals surface area contributed by atoms with E-state index in [4.69, 9.17) is 5.26 Å². The van der Waals surface area contributed by atoms with Gasteiger partial charge in [0.25, 0.3) is 5.56 Å². The Morgan fingerprint density at radius 2 is 1.96 bits per heavy atom. The van der Waals surface area contributed by atoms with Crippen molar-refractivity contribution >= 4 is 28.6 Å². The highest BCUT2D eigenvalue weighted by Crippen LogP contribution is 2.21. The van der Waals surface area contributed by atoms with Crippen molar-refractivity contribution in [2.24, 2.45) is 0 Å². The van der Waals surface area contributed by atoms with Gasteiger partial charge < -0.3 is 4.74 Å². The van der Waals surface area contributed by atoms with Crippen LogP contribution in [-0.4, -0.2) is 28.4 Å². The Kier molecular flexibility index (Phi) is 4.82. The van der Waals surface area contributed by atoms with Gasteiger partial charge in [0.2, 0.25) is 0 Å². The quantitative estimate of drug-likeness (QED) is 0.408. The van der Waals surface area contributed by atoms with E-state index in [1.165, 1.54) is 11.7 Å². The molecule has 2 aromatic carbocycles. The van der Waals surface area contributed by atoms with Crippen LogP contribution in [0.3, 0.4) is 0 Å². The summed E-state index contributed by atoms with van der Waals surface area (Å²) in [4.78, 5) is 28.9. The molecule has 0 saturated carbocycles. The minimum absolute atomic E-state index is 0.0392. The van der Waals surface area contributed by atoms with Gasteiger partial charge in [-0.1, -0.05) is 23.9 Å². The molecule has 0 fully saturated rings. The number of nitriles is 1. The number of rotatable bonds is 4. The summed E-state index contributed by atoms with van der Waals surface area (Å²) in [6, 6.07) is 15.7. The first-order valence-electron chi connectivity index (χ1n) is 7.36. The Morgan fingerprint density at radius 3 is 2.64 bits per heavy atom. The van der Waals surface area contributed by atoms with E-state index in [0.717, 1.165) is 11.8 Å². The van der Waals surface area contributed by atoms with Crippen molar-refractivity contribution in [3.63, 3.8) is 0 Å². The molecule has 0 saturated heterocycles. The molecule has 0 atom stereocenters. The minimum Gasteiger partial charge on any atom is -0.468 e. The van der Waals surface area contributed by atoms with Gasteiger partial charge >= 0.3 is 5.97 Å². The summed E-state index contributed by atoms with van der Waals surface area (Å²) in [6.07, 6.45) is 0. The number of carbonyl (C=O) groups is 1. The van der Waals surface area contributed by atoms with Crippen molar-refractivity contribution in [1.29, 1.82) is 5.26 Å². The van der Waals surface area contributed by atoms with Crippen LogP contribution in [0.1, 0.15) is 5.56 Å². The average molecular weight is 351 g/mol. The molecular weight excluding hydrogens is 338 g/mol. The third kappa shape index (κ3) is 3.39. The lowest BCUT2D eigenvalue weighted by Gasteiger charge is -2.13. The molecule has 0 N–H and O–H groups in total. The first-order valence-corrected chi connectivity index (χ1v) is 8.34. The van der Waals surface area contributed by atoms with Gasteiger partial charge in [0.05, 0.1) is 41.1 Å². The summed E-state index contributed by atoms with van der Waals surface area (Å²) in [7, 11) is 1.31. The summed E-state index contributed by atoms with van der Waals surface area (Å²) >= 11 is 1.13. The van der Waals surface area contributed by atoms with Gasteiger partial charge in [-0.25, -0.2) is 4.98 Å². The number of esters is 1. The monoisotopic (exact) mass is 351 g/mol. The lowest BCUT2D eigenvalue weighted by atomic mass is 10.2. The van der Waals surface area contributed by atoms with E-state index in [0.29, 0.717) is 27.3 Å². The second kappa shape index (κ2) is 7.20. The highest BCUT2D eigenvalue weighted by atomic mass is 32.2. The van der Waals surface area contributed by atoms with Crippen LogP contribution < -0.4 is 5.56 Å². The third-order valence-electron chi connectivity index (χ3n) is 3.55. The van der Waals surface area contributed by atoms with Crippen LogP contribution in [0.15, 0.2) is 58.5 Å². The summed E-state index contributed by atoms with van der Waals surface area (Å²) in [5, 5.41) is 9.80. The van der Waals surface area contributed by atoms with E-state index < -0.39 is 5.97 Å². The van der Waals surface area contributed by atoms with Crippen LogP contribution in [-0.2, 0) is 9.53 Å². The standard InChI is InChI=1S/C18H13N3O3S/c1-24-16(22)11-25-18-20-15-5-3-2-4-14(15)17(23)21(18)13-8-6-12(10-19)7-9-13/h2-9H,11H2,1H3. The second-order valence-corrected chi connectivity index (χ2v) is 6.02. The lowest BCUT2D eigenvalue weighted by molar-refractivity contribution is -0.137. The zero-order chi connectivity index (χ0) is 17.8. The van der Waals surface area contributed by atoms with Crippen LogP contribution in [0.5, 0.6) is 0 Å². The molecule has 7 heteroatoms. The average Bonchev–Trinajstić information content (AvgIpc) is 2.66. The largest absolute Gasteiger partial charge is 0.468 e. The fourth-order valence-electron chi connectivity index (χ4n) is 2.30. The molecule has 0 aliphatic rings. The highest BCUT2D eigenvalue weighted by molar-refractivity contribution is 7.99. The second-order valence-electron chi connectivity index (χ2n) is 5.08. The van der Waals surface area contributed by atoms with Crippen molar-refractivity contribution in [1.82, 2.24) is 9.55 Å². The number of benzene rings is 2. The van der Waals surface area contributed by atoms with E-state index in [-0.39, 0.29) is 11.3 Å². The maximum Gasteiger partial charge on any atom is 0.316 e. The summed E-state index contributed by atoms with van der Waals surface area (Å²) in [5.74, 6) is -0.365. The van der Waals surface area contributed by atoms with Crippen molar-refractivity contribution in [2.75, 3.05) is 12.9 Å². The van der Waals surface area contributed by atoms with Crippen LogP contribution in [0.2, 0.25) is 0 Å². The minimum atomic E-state index is -0.404. The normalized spacial score (nSPS) is 10.4. The van der Waals surface area contributed by atoms with E-state index in [1.54, 1.807) is 48.5 Å². The Balaban J connectivity index is 2.18. The van der Waals surface area contributed by atoms with Crippen LogP contribution >= 0.6 is 11.8 Å². The third-order valence-corrected chi connectivity index (χ3v) is 4.46. The van der Waals surface area contributed by atoms with Crippen molar-refractivity contribution < 1.29 is 9.53 Å². The molecule has 3 aromatic rings. The van der Waals surface area contributed by atoms with Gasteiger partial charge in [-0.05, 0) is 36.4 Å². The van der Waals surface area contributed by atoms with E-state index in [1.807, 2.05) is 6.07 Å². The number of carbonyl (C=O) groups excluding carboxylic acids is 1. The molecule has 0 spiro atoms. The molecule has 0 radical (unpaired) electrons. The first-order chi connectivity index (χ1) is 12.1. The maximum atomic E-state index is 12.9. The molecule has 25 heavy (non-hydrogen) atoms. The van der Waals surface area contributed by atoms with Gasteiger partial charge in [0.1, 0.15) is 0 Å². The molecule has 6 nitrogen and oxygen atoms in total. The number of para-hydroxylation sites is 1. The summed E-state index contributed by atoms with van der Waals surface area (Å²) in [6.45, 7) is 0. The fraction of sp³-hybridized carbons (Fsp3) is 0.111. The van der Waals surface area contributed by atoms with Gasteiger partial charge in [0, 0.05) is 0 Å². The molecule has 3 rings (SSSR count). The zero-order valence-corrected chi connectivity index (χ0v) is 14.1. The fourth-order valence-corrected chi connectivity index (χ4v) is 3.15. The number of ether oxygens (including phenoxy) is 1. The Bertz CT molecular complexity index is 1040. The first kappa shape index (κ1) is 16.7. The van der Waals surface area contributed by atoms with Crippen molar-refractivity contribution in [3.8, 4) is 11.8 Å². The SMILES string of the molecule is COC(=O)CSc1nc2ccccc2c(=O)n1-c1ccc(C#N)cc1. The lowest BCUT2D eigenvalue weighted by Crippen LogP contribution is -2.22. The van der Waals surface area contributed by atoms with Gasteiger partial charge in [-0.15, -0.1) is 0 Å². The zero-order valence-electron chi connectivity index (χ0n) is 13.3. The number of aromatic nitrogens is 2. The molecule has 1 heterocycles. The molecule has 0 bridgehead atoms. The number of hydrogen-bond donors (Lipinski definition) is 0. The van der Waals surface area contributed by atoms with Crippen LogP contribution in [0.4, 0.5) is 0 Å². The number of hydrogen-bond acceptors (Lipinski definition) is 6. The van der Waals surface area contributed by atoms with Crippen LogP contribution in [0, 0.1) is 11.3 Å². The topological polar surface area (TPSA) is 85.0 Å². The van der Waals surface area contributed by atoms with Gasteiger partial charge in [0.15, 0.2) is 5.16 Å². The van der Waals surface area contributed by atoms with Gasteiger partial charge in [-0.3, -0.25) is 14.2 Å². The molecule has 124 valence electrons. The van der Waals surface area contributed by atoms with E-state index in [9.17, 15) is 9.59 Å². The van der Waals surface area contributed by atoms with E-state index >= 15 is 0 Å². The molecule has 0 unspecified atom stereocenters. The van der Waals surface area contributed by atoms with Crippen molar-refractivity contribution in [3.05, 3.63) is 64.4 Å². The predicted molar refractivity (Wildman–Crippen MR) is 94.8 cm³/mol. The van der Waals surface area contributed by atoms with Crippen molar-refractivity contribution in [2.45, 2.75) is 5.16 Å². The molecule has 0 aliphatic heterocycles. The number of thioether (sulfide) groups is 1. The summed E-state index contributed by atoms with van der Waals surface area (Å²) in [5.41, 5.74) is 1.40. The predicted octanol–water partition coefficient (Wildman–Crippen LogP) is 2.52. The molecule has 1 aromatic heterocycles. The molecule has 0 amide bonds. The van der Waals surface area contributed by atoms with Gasteiger partial charge in [-0.2, -0.15) is 5.26 Å². The number of nitrogens with zero attached hydrogens (tertiary/aromatic N) is 3. The smallest absolute Gasteiger partial charge is 0.316 e.